The standard InChI is InChI=1S/C14H9F3N2O3/c1-22-14(21)7-2-5-10(18-6-7)19-13(20)8-3-4-9(15)12(17)11(8)16/h2-6H,1H3,(H,18,19,20). The molecular formula is C14H9F3N2O3. The average molecular weight is 310 g/mol. The first-order valence-electron chi connectivity index (χ1n) is 5.93. The van der Waals surface area contributed by atoms with Gasteiger partial charge in [0.15, 0.2) is 17.5 Å². The summed E-state index contributed by atoms with van der Waals surface area (Å²) in [6, 6.07) is 4.06. The van der Waals surface area contributed by atoms with Gasteiger partial charge >= 0.3 is 5.97 Å². The van der Waals surface area contributed by atoms with Crippen molar-refractivity contribution in [1.29, 1.82) is 0 Å². The van der Waals surface area contributed by atoms with E-state index in [1.807, 2.05) is 0 Å². The third kappa shape index (κ3) is 3.05. The smallest absolute Gasteiger partial charge is 0.339 e. The summed E-state index contributed by atoms with van der Waals surface area (Å²) in [5.74, 6) is -6.34. The number of aromatic nitrogens is 1. The van der Waals surface area contributed by atoms with Crippen LogP contribution in [0, 0.1) is 17.5 Å². The Bertz CT molecular complexity index is 733. The van der Waals surface area contributed by atoms with Crippen molar-refractivity contribution in [3.63, 3.8) is 0 Å². The van der Waals surface area contributed by atoms with Crippen molar-refractivity contribution in [2.45, 2.75) is 0 Å². The first-order chi connectivity index (χ1) is 10.4. The van der Waals surface area contributed by atoms with E-state index < -0.39 is 34.9 Å². The number of halogens is 3. The van der Waals surface area contributed by atoms with E-state index in [-0.39, 0.29) is 11.4 Å². The van der Waals surface area contributed by atoms with Crippen LogP contribution in [0.25, 0.3) is 0 Å². The fourth-order valence-electron chi connectivity index (χ4n) is 1.59. The van der Waals surface area contributed by atoms with Gasteiger partial charge in [0, 0.05) is 6.20 Å². The van der Waals surface area contributed by atoms with Crippen LogP contribution in [0.4, 0.5) is 19.0 Å². The van der Waals surface area contributed by atoms with Gasteiger partial charge in [-0.15, -0.1) is 0 Å². The molecule has 1 aromatic carbocycles. The fraction of sp³-hybridized carbons (Fsp3) is 0.0714. The van der Waals surface area contributed by atoms with E-state index in [1.54, 1.807) is 0 Å². The number of nitrogens with one attached hydrogen (secondary N) is 1. The Kier molecular flexibility index (Phi) is 4.40. The molecule has 0 bridgehead atoms. The summed E-state index contributed by atoms with van der Waals surface area (Å²) in [5, 5.41) is 2.20. The molecule has 114 valence electrons. The van der Waals surface area contributed by atoms with Gasteiger partial charge < -0.3 is 10.1 Å². The van der Waals surface area contributed by atoms with Crippen LogP contribution in [0.15, 0.2) is 30.5 Å². The van der Waals surface area contributed by atoms with Crippen LogP contribution in [0.5, 0.6) is 0 Å². The number of anilines is 1. The summed E-state index contributed by atoms with van der Waals surface area (Å²) in [5.41, 5.74) is -0.516. The molecule has 0 fully saturated rings. The molecule has 0 unspecified atom stereocenters. The van der Waals surface area contributed by atoms with E-state index in [0.29, 0.717) is 6.07 Å². The Hall–Kier alpha value is -2.90. The largest absolute Gasteiger partial charge is 0.465 e. The number of rotatable bonds is 3. The molecule has 1 aromatic heterocycles. The third-order valence-corrected chi connectivity index (χ3v) is 2.71. The maximum absolute atomic E-state index is 13.5. The van der Waals surface area contributed by atoms with E-state index in [2.05, 4.69) is 15.0 Å². The van der Waals surface area contributed by atoms with Crippen molar-refractivity contribution in [3.05, 3.63) is 59.0 Å². The lowest BCUT2D eigenvalue weighted by molar-refractivity contribution is 0.0600. The topological polar surface area (TPSA) is 68.3 Å². The van der Waals surface area contributed by atoms with Gasteiger partial charge in [-0.2, -0.15) is 0 Å². The number of esters is 1. The lowest BCUT2D eigenvalue weighted by Crippen LogP contribution is -2.16. The molecular weight excluding hydrogens is 301 g/mol. The number of amides is 1. The summed E-state index contributed by atoms with van der Waals surface area (Å²) < 4.78 is 43.8. The maximum atomic E-state index is 13.5. The number of methoxy groups -OCH3 is 1. The highest BCUT2D eigenvalue weighted by Crippen LogP contribution is 2.16. The van der Waals surface area contributed by atoms with Crippen LogP contribution in [-0.2, 0) is 4.74 Å². The van der Waals surface area contributed by atoms with E-state index in [0.717, 1.165) is 12.3 Å². The first-order valence-corrected chi connectivity index (χ1v) is 5.93. The molecule has 0 aliphatic heterocycles. The number of hydrogen-bond donors (Lipinski definition) is 1. The van der Waals surface area contributed by atoms with Gasteiger partial charge in [0.05, 0.1) is 18.2 Å². The lowest BCUT2D eigenvalue weighted by Gasteiger charge is -2.06. The quantitative estimate of drug-likeness (QED) is 0.699. The van der Waals surface area contributed by atoms with Gasteiger partial charge in [-0.3, -0.25) is 4.79 Å². The van der Waals surface area contributed by atoms with Gasteiger partial charge in [0.25, 0.3) is 5.91 Å². The number of carbonyl (C=O) groups excluding carboxylic acids is 2. The Morgan fingerprint density at radius 2 is 1.82 bits per heavy atom. The van der Waals surface area contributed by atoms with Gasteiger partial charge in [-0.25, -0.2) is 22.9 Å². The van der Waals surface area contributed by atoms with Crippen molar-refractivity contribution in [3.8, 4) is 0 Å². The zero-order chi connectivity index (χ0) is 16.3. The normalized spacial score (nSPS) is 10.2. The van der Waals surface area contributed by atoms with Crippen LogP contribution < -0.4 is 5.32 Å². The summed E-state index contributed by atoms with van der Waals surface area (Å²) in [7, 11) is 1.20. The fourth-order valence-corrected chi connectivity index (χ4v) is 1.59. The van der Waals surface area contributed by atoms with Gasteiger partial charge in [-0.1, -0.05) is 0 Å². The molecule has 1 N–H and O–H groups in total. The summed E-state index contributed by atoms with van der Waals surface area (Å²) in [6.45, 7) is 0. The predicted molar refractivity (Wildman–Crippen MR) is 69.8 cm³/mol. The highest BCUT2D eigenvalue weighted by Gasteiger charge is 2.19. The zero-order valence-corrected chi connectivity index (χ0v) is 11.2. The van der Waals surface area contributed by atoms with Crippen LogP contribution in [0.1, 0.15) is 20.7 Å². The molecule has 2 aromatic rings. The molecule has 5 nitrogen and oxygen atoms in total. The maximum Gasteiger partial charge on any atom is 0.339 e. The molecule has 22 heavy (non-hydrogen) atoms. The second kappa shape index (κ2) is 6.25. The predicted octanol–water partition coefficient (Wildman–Crippen LogP) is 2.54. The van der Waals surface area contributed by atoms with Crippen molar-refractivity contribution >= 4 is 17.7 Å². The van der Waals surface area contributed by atoms with Gasteiger partial charge in [0.2, 0.25) is 0 Å². The number of carbonyl (C=O) groups is 2. The summed E-state index contributed by atoms with van der Waals surface area (Å²) >= 11 is 0. The molecule has 2 rings (SSSR count). The van der Waals surface area contributed by atoms with Crippen LogP contribution in [-0.4, -0.2) is 24.0 Å². The minimum Gasteiger partial charge on any atom is -0.465 e. The number of hydrogen-bond acceptors (Lipinski definition) is 4. The van der Waals surface area contributed by atoms with Crippen LogP contribution in [0.3, 0.4) is 0 Å². The Labute approximate surface area is 122 Å². The van der Waals surface area contributed by atoms with E-state index in [4.69, 9.17) is 0 Å². The van der Waals surface area contributed by atoms with E-state index in [1.165, 1.54) is 19.2 Å². The molecule has 0 radical (unpaired) electrons. The molecule has 0 aliphatic rings. The minimum atomic E-state index is -1.73. The van der Waals surface area contributed by atoms with Crippen molar-refractivity contribution < 1.29 is 27.5 Å². The first kappa shape index (κ1) is 15.5. The SMILES string of the molecule is COC(=O)c1ccc(NC(=O)c2ccc(F)c(F)c2F)nc1. The molecule has 0 atom stereocenters. The molecule has 0 aliphatic carbocycles. The second-order valence-electron chi connectivity index (χ2n) is 4.10. The average Bonchev–Trinajstić information content (AvgIpc) is 2.52. The monoisotopic (exact) mass is 310 g/mol. The number of pyridine rings is 1. The summed E-state index contributed by atoms with van der Waals surface area (Å²) in [6.07, 6.45) is 1.14. The Morgan fingerprint density at radius 3 is 2.41 bits per heavy atom. The zero-order valence-electron chi connectivity index (χ0n) is 11.2. The number of ether oxygens (including phenoxy) is 1. The highest BCUT2D eigenvalue weighted by molar-refractivity contribution is 6.04. The van der Waals surface area contributed by atoms with Crippen molar-refractivity contribution in [2.24, 2.45) is 0 Å². The molecule has 1 amide bonds. The van der Waals surface area contributed by atoms with Crippen molar-refractivity contribution in [1.82, 2.24) is 4.98 Å². The third-order valence-electron chi connectivity index (χ3n) is 2.71. The highest BCUT2D eigenvalue weighted by atomic mass is 19.2. The van der Waals surface area contributed by atoms with Crippen LogP contribution in [0.2, 0.25) is 0 Å². The molecule has 0 spiro atoms. The molecule has 8 heteroatoms. The van der Waals surface area contributed by atoms with E-state index in [9.17, 15) is 22.8 Å². The number of benzene rings is 1. The van der Waals surface area contributed by atoms with Crippen molar-refractivity contribution in [2.75, 3.05) is 12.4 Å². The van der Waals surface area contributed by atoms with E-state index >= 15 is 0 Å². The van der Waals surface area contributed by atoms with Crippen LogP contribution >= 0.6 is 0 Å². The van der Waals surface area contributed by atoms with Gasteiger partial charge in [0.1, 0.15) is 5.82 Å². The molecule has 1 heterocycles. The molecule has 0 saturated heterocycles. The van der Waals surface area contributed by atoms with Gasteiger partial charge in [-0.05, 0) is 24.3 Å². The molecule has 0 saturated carbocycles. The summed E-state index contributed by atoms with van der Waals surface area (Å²) in [4.78, 5) is 26.8. The lowest BCUT2D eigenvalue weighted by atomic mass is 10.2. The Morgan fingerprint density at radius 1 is 1.09 bits per heavy atom. The minimum absolute atomic E-state index is 0.00165. The second-order valence-corrected chi connectivity index (χ2v) is 4.10. The Balaban J connectivity index is 2.19. The number of nitrogens with zero attached hydrogens (tertiary/aromatic N) is 1.